The SMILES string of the molecule is Cc1ccc(C)c(CSC2=NCCN2C(=O)c2ccc(S(=O)(=O)N(C)C)cc2)c1. The molecule has 8 heteroatoms. The largest absolute Gasteiger partial charge is 0.286 e. The number of hydrogen-bond donors (Lipinski definition) is 0. The number of benzene rings is 2. The van der Waals surface area contributed by atoms with Crippen LogP contribution in [0.4, 0.5) is 0 Å². The Morgan fingerprint density at radius 2 is 1.83 bits per heavy atom. The van der Waals surface area contributed by atoms with E-state index in [0.717, 1.165) is 10.1 Å². The van der Waals surface area contributed by atoms with Crippen LogP contribution >= 0.6 is 11.8 Å². The molecule has 0 unspecified atom stereocenters. The first-order valence-electron chi connectivity index (χ1n) is 9.28. The van der Waals surface area contributed by atoms with Crippen molar-refractivity contribution in [1.29, 1.82) is 0 Å². The number of aliphatic imine (C=N–C) groups is 1. The van der Waals surface area contributed by atoms with Crippen LogP contribution in [0.3, 0.4) is 0 Å². The Bertz CT molecular complexity index is 1050. The molecular formula is C21H25N3O3S2. The highest BCUT2D eigenvalue weighted by Gasteiger charge is 2.26. The summed E-state index contributed by atoms with van der Waals surface area (Å²) in [6, 6.07) is 12.4. The van der Waals surface area contributed by atoms with Crippen LogP contribution in [0.2, 0.25) is 0 Å². The average Bonchev–Trinajstić information content (AvgIpc) is 3.16. The highest BCUT2D eigenvalue weighted by molar-refractivity contribution is 8.13. The molecular weight excluding hydrogens is 406 g/mol. The van der Waals surface area contributed by atoms with E-state index < -0.39 is 10.0 Å². The highest BCUT2D eigenvalue weighted by Crippen LogP contribution is 2.24. The zero-order valence-corrected chi connectivity index (χ0v) is 18.7. The van der Waals surface area contributed by atoms with Crippen molar-refractivity contribution < 1.29 is 13.2 Å². The average molecular weight is 432 g/mol. The summed E-state index contributed by atoms with van der Waals surface area (Å²) in [5.41, 5.74) is 4.11. The van der Waals surface area contributed by atoms with Crippen molar-refractivity contribution in [1.82, 2.24) is 9.21 Å². The molecule has 0 aliphatic carbocycles. The molecule has 29 heavy (non-hydrogen) atoms. The van der Waals surface area contributed by atoms with Gasteiger partial charge in [-0.2, -0.15) is 0 Å². The first-order chi connectivity index (χ1) is 13.7. The number of aryl methyl sites for hydroxylation is 2. The van der Waals surface area contributed by atoms with Crippen molar-refractivity contribution in [3.8, 4) is 0 Å². The molecule has 2 aromatic rings. The van der Waals surface area contributed by atoms with Gasteiger partial charge in [0.15, 0.2) is 5.17 Å². The van der Waals surface area contributed by atoms with Crippen LogP contribution in [0.15, 0.2) is 52.4 Å². The molecule has 0 radical (unpaired) electrons. The van der Waals surface area contributed by atoms with E-state index in [9.17, 15) is 13.2 Å². The van der Waals surface area contributed by atoms with Crippen molar-refractivity contribution in [3.05, 3.63) is 64.7 Å². The zero-order chi connectivity index (χ0) is 21.2. The van der Waals surface area contributed by atoms with Crippen LogP contribution in [-0.4, -0.2) is 55.9 Å². The molecule has 2 aromatic carbocycles. The molecule has 0 bridgehead atoms. The van der Waals surface area contributed by atoms with Crippen LogP contribution in [0.1, 0.15) is 27.0 Å². The number of amidine groups is 1. The number of sulfonamides is 1. The highest BCUT2D eigenvalue weighted by atomic mass is 32.2. The van der Waals surface area contributed by atoms with Gasteiger partial charge in [0.2, 0.25) is 10.0 Å². The molecule has 154 valence electrons. The Labute approximate surface area is 176 Å². The number of amides is 1. The first kappa shape index (κ1) is 21.5. The number of nitrogens with zero attached hydrogens (tertiary/aromatic N) is 3. The van der Waals surface area contributed by atoms with E-state index in [1.807, 2.05) is 0 Å². The standard InChI is InChI=1S/C21H25N3O3S2/c1-15-5-6-16(2)18(13-15)14-28-21-22-11-12-24(21)20(25)17-7-9-19(10-8-17)29(26,27)23(3)4/h5-10,13H,11-12,14H2,1-4H3. The molecule has 0 saturated carbocycles. The monoisotopic (exact) mass is 431 g/mol. The Balaban J connectivity index is 1.72. The number of thioether (sulfide) groups is 1. The van der Waals surface area contributed by atoms with Crippen LogP contribution in [-0.2, 0) is 15.8 Å². The van der Waals surface area contributed by atoms with Crippen LogP contribution in [0.5, 0.6) is 0 Å². The van der Waals surface area contributed by atoms with Gasteiger partial charge in [-0.15, -0.1) is 0 Å². The van der Waals surface area contributed by atoms with Crippen molar-refractivity contribution in [2.75, 3.05) is 27.2 Å². The van der Waals surface area contributed by atoms with Gasteiger partial charge in [0.1, 0.15) is 0 Å². The molecule has 6 nitrogen and oxygen atoms in total. The van der Waals surface area contributed by atoms with E-state index in [1.165, 1.54) is 42.9 Å². The Morgan fingerprint density at radius 3 is 2.48 bits per heavy atom. The number of rotatable bonds is 5. The van der Waals surface area contributed by atoms with Gasteiger partial charge in [0.25, 0.3) is 5.91 Å². The van der Waals surface area contributed by atoms with E-state index in [4.69, 9.17) is 0 Å². The summed E-state index contributed by atoms with van der Waals surface area (Å²) >= 11 is 1.55. The maximum Gasteiger partial charge on any atom is 0.259 e. The van der Waals surface area contributed by atoms with Crippen LogP contribution < -0.4 is 0 Å². The van der Waals surface area contributed by atoms with Crippen molar-refractivity contribution in [3.63, 3.8) is 0 Å². The molecule has 0 spiro atoms. The third-order valence-electron chi connectivity index (χ3n) is 4.79. The minimum atomic E-state index is -3.52. The van der Waals surface area contributed by atoms with Gasteiger partial charge in [-0.25, -0.2) is 12.7 Å². The Hall–Kier alpha value is -2.16. The molecule has 1 aliphatic heterocycles. The lowest BCUT2D eigenvalue weighted by atomic mass is 10.1. The van der Waals surface area contributed by atoms with Crippen molar-refractivity contribution in [2.45, 2.75) is 24.5 Å². The van der Waals surface area contributed by atoms with Gasteiger partial charge < -0.3 is 0 Å². The summed E-state index contributed by atoms with van der Waals surface area (Å²) in [6.07, 6.45) is 0. The Kier molecular flexibility index (Phi) is 6.45. The third kappa shape index (κ3) is 4.71. The predicted octanol–water partition coefficient (Wildman–Crippen LogP) is 3.30. The van der Waals surface area contributed by atoms with Crippen molar-refractivity contribution >= 4 is 32.9 Å². The molecule has 1 aliphatic rings. The van der Waals surface area contributed by atoms with Gasteiger partial charge in [0, 0.05) is 32.0 Å². The van der Waals surface area contributed by atoms with Crippen LogP contribution in [0.25, 0.3) is 0 Å². The van der Waals surface area contributed by atoms with E-state index in [-0.39, 0.29) is 10.8 Å². The summed E-state index contributed by atoms with van der Waals surface area (Å²) in [5, 5.41) is 0.709. The summed E-state index contributed by atoms with van der Waals surface area (Å²) in [5.74, 6) is 0.583. The van der Waals surface area contributed by atoms with Gasteiger partial charge >= 0.3 is 0 Å². The number of hydrogen-bond acceptors (Lipinski definition) is 5. The second-order valence-corrected chi connectivity index (χ2v) is 10.2. The second kappa shape index (κ2) is 8.69. The molecule has 3 rings (SSSR count). The van der Waals surface area contributed by atoms with Gasteiger partial charge in [-0.1, -0.05) is 35.5 Å². The first-order valence-corrected chi connectivity index (χ1v) is 11.7. The number of carbonyl (C=O) groups excluding carboxylic acids is 1. The van der Waals surface area contributed by atoms with Crippen LogP contribution in [0, 0.1) is 13.8 Å². The lowest BCUT2D eigenvalue weighted by molar-refractivity contribution is 0.0860. The van der Waals surface area contributed by atoms with Gasteiger partial charge in [-0.3, -0.25) is 14.7 Å². The minimum absolute atomic E-state index is 0.163. The second-order valence-electron chi connectivity index (χ2n) is 7.15. The zero-order valence-electron chi connectivity index (χ0n) is 17.0. The predicted molar refractivity (Wildman–Crippen MR) is 118 cm³/mol. The number of carbonyl (C=O) groups is 1. The fourth-order valence-electron chi connectivity index (χ4n) is 2.97. The maximum atomic E-state index is 13.0. The molecule has 0 aromatic heterocycles. The lowest BCUT2D eigenvalue weighted by Crippen LogP contribution is -2.33. The van der Waals surface area contributed by atoms with E-state index in [2.05, 4.69) is 37.0 Å². The normalized spacial score (nSPS) is 14.4. The minimum Gasteiger partial charge on any atom is -0.286 e. The fraction of sp³-hybridized carbons (Fsp3) is 0.333. The molecule has 0 saturated heterocycles. The van der Waals surface area contributed by atoms with Gasteiger partial charge in [0.05, 0.1) is 11.4 Å². The molecule has 1 amide bonds. The van der Waals surface area contributed by atoms with Crippen molar-refractivity contribution in [2.24, 2.45) is 4.99 Å². The van der Waals surface area contributed by atoms with Gasteiger partial charge in [-0.05, 0) is 49.2 Å². The topological polar surface area (TPSA) is 70.0 Å². The quantitative estimate of drug-likeness (QED) is 0.728. The van der Waals surface area contributed by atoms with E-state index in [1.54, 1.807) is 28.8 Å². The smallest absolute Gasteiger partial charge is 0.259 e. The fourth-order valence-corrected chi connectivity index (χ4v) is 4.98. The van der Waals surface area contributed by atoms with E-state index >= 15 is 0 Å². The maximum absolute atomic E-state index is 13.0. The summed E-state index contributed by atoms with van der Waals surface area (Å²) < 4.78 is 25.6. The molecule has 1 heterocycles. The lowest BCUT2D eigenvalue weighted by Gasteiger charge is -2.19. The van der Waals surface area contributed by atoms with E-state index in [0.29, 0.717) is 23.8 Å². The molecule has 0 fully saturated rings. The summed E-state index contributed by atoms with van der Waals surface area (Å²) in [7, 11) is -0.554. The Morgan fingerprint density at radius 1 is 1.14 bits per heavy atom. The summed E-state index contributed by atoms with van der Waals surface area (Å²) in [6.45, 7) is 5.26. The molecule has 0 atom stereocenters. The third-order valence-corrected chi connectivity index (χ3v) is 7.68. The summed E-state index contributed by atoms with van der Waals surface area (Å²) in [4.78, 5) is 19.3. The molecule has 0 N–H and O–H groups in total.